The molecule has 0 spiro atoms. The third-order valence-electron chi connectivity index (χ3n) is 5.35. The number of nitrogens with zero attached hydrogens (tertiary/aromatic N) is 1. The average molecular weight is 442 g/mol. The van der Waals surface area contributed by atoms with E-state index in [1.54, 1.807) is 14.2 Å². The van der Waals surface area contributed by atoms with Gasteiger partial charge in [-0.05, 0) is 48.6 Å². The van der Waals surface area contributed by atoms with E-state index in [-0.39, 0.29) is 0 Å². The quantitative estimate of drug-likeness (QED) is 0.433. The summed E-state index contributed by atoms with van der Waals surface area (Å²) < 4.78 is 22.1. The van der Waals surface area contributed by atoms with Gasteiger partial charge in [-0.15, -0.1) is 0 Å². The van der Waals surface area contributed by atoms with Crippen molar-refractivity contribution < 1.29 is 18.9 Å². The minimum Gasteiger partial charge on any atom is -0.493 e. The van der Waals surface area contributed by atoms with Crippen molar-refractivity contribution in [2.24, 2.45) is 4.99 Å². The van der Waals surface area contributed by atoms with Crippen molar-refractivity contribution >= 4 is 5.96 Å². The monoisotopic (exact) mass is 441 g/mol. The molecule has 0 aromatic heterocycles. The second-order valence-electron chi connectivity index (χ2n) is 7.68. The molecular formula is C25H35N3O4. The molecule has 1 saturated heterocycles. The zero-order valence-electron chi connectivity index (χ0n) is 19.4. The number of methoxy groups -OCH3 is 2. The van der Waals surface area contributed by atoms with Crippen molar-refractivity contribution in [1.82, 2.24) is 10.6 Å². The first-order valence-corrected chi connectivity index (χ1v) is 11.2. The highest BCUT2D eigenvalue weighted by molar-refractivity contribution is 5.79. The first-order chi connectivity index (χ1) is 15.7. The summed E-state index contributed by atoms with van der Waals surface area (Å²) in [6, 6.07) is 14.4. The largest absolute Gasteiger partial charge is 0.493 e. The molecule has 1 aliphatic rings. The van der Waals surface area contributed by atoms with Crippen LogP contribution in [-0.2, 0) is 29.2 Å². The highest BCUT2D eigenvalue weighted by atomic mass is 16.5. The molecular weight excluding hydrogens is 406 g/mol. The van der Waals surface area contributed by atoms with E-state index in [1.807, 2.05) is 18.2 Å². The minimum absolute atomic E-state index is 0.314. The van der Waals surface area contributed by atoms with Gasteiger partial charge in [0.2, 0.25) is 0 Å². The first kappa shape index (κ1) is 23.9. The van der Waals surface area contributed by atoms with Crippen molar-refractivity contribution in [1.29, 1.82) is 0 Å². The Labute approximate surface area is 191 Å². The predicted molar refractivity (Wildman–Crippen MR) is 126 cm³/mol. The van der Waals surface area contributed by atoms with Gasteiger partial charge in [0.15, 0.2) is 17.5 Å². The molecule has 1 aliphatic heterocycles. The van der Waals surface area contributed by atoms with E-state index in [4.69, 9.17) is 23.9 Å². The van der Waals surface area contributed by atoms with Crippen LogP contribution >= 0.6 is 0 Å². The number of hydrogen-bond donors (Lipinski definition) is 2. The van der Waals surface area contributed by atoms with E-state index >= 15 is 0 Å². The van der Waals surface area contributed by atoms with Crippen molar-refractivity contribution in [3.05, 3.63) is 59.2 Å². The van der Waals surface area contributed by atoms with Gasteiger partial charge < -0.3 is 29.6 Å². The SMILES string of the molecule is CCNC(=NCc1ccc(OC)c(OC)c1)NCc1ccc(COC2CCOCC2)cc1. The highest BCUT2D eigenvalue weighted by Crippen LogP contribution is 2.27. The molecule has 3 rings (SSSR count). The van der Waals surface area contributed by atoms with Crippen LogP contribution in [0.1, 0.15) is 36.5 Å². The van der Waals surface area contributed by atoms with E-state index < -0.39 is 0 Å². The fraction of sp³-hybridized carbons (Fsp3) is 0.480. The molecule has 7 heteroatoms. The molecule has 2 N–H and O–H groups in total. The fourth-order valence-electron chi connectivity index (χ4n) is 3.49. The third kappa shape index (κ3) is 7.43. The molecule has 0 saturated carbocycles. The highest BCUT2D eigenvalue weighted by Gasteiger charge is 2.14. The standard InChI is InChI=1S/C25H35N3O4/c1-4-26-25(28-17-21-9-10-23(29-2)24(15-21)30-3)27-16-19-5-7-20(8-6-19)18-32-22-11-13-31-14-12-22/h5-10,15,22H,4,11-14,16-18H2,1-3H3,(H2,26,27,28). The van der Waals surface area contributed by atoms with Crippen molar-refractivity contribution in [2.45, 2.75) is 45.6 Å². The van der Waals surface area contributed by atoms with E-state index in [0.717, 1.165) is 44.1 Å². The van der Waals surface area contributed by atoms with Crippen LogP contribution in [0.2, 0.25) is 0 Å². The van der Waals surface area contributed by atoms with Crippen LogP contribution in [0.4, 0.5) is 0 Å². The van der Waals surface area contributed by atoms with Gasteiger partial charge in [0, 0.05) is 26.3 Å². The Balaban J connectivity index is 1.51. The Kier molecular flexibility index (Phi) is 9.65. The topological polar surface area (TPSA) is 73.3 Å². The summed E-state index contributed by atoms with van der Waals surface area (Å²) in [5.41, 5.74) is 3.43. The molecule has 1 heterocycles. The Morgan fingerprint density at radius 1 is 0.938 bits per heavy atom. The van der Waals surface area contributed by atoms with Crippen LogP contribution in [0, 0.1) is 0 Å². The predicted octanol–water partition coefficient (Wildman–Crippen LogP) is 3.65. The lowest BCUT2D eigenvalue weighted by atomic mass is 10.1. The van der Waals surface area contributed by atoms with Crippen molar-refractivity contribution in [3.8, 4) is 11.5 Å². The van der Waals surface area contributed by atoms with E-state index in [0.29, 0.717) is 37.3 Å². The molecule has 0 bridgehead atoms. The maximum Gasteiger partial charge on any atom is 0.191 e. The molecule has 0 amide bonds. The summed E-state index contributed by atoms with van der Waals surface area (Å²) in [5.74, 6) is 2.19. The van der Waals surface area contributed by atoms with Crippen LogP contribution < -0.4 is 20.1 Å². The molecule has 174 valence electrons. The Hall–Kier alpha value is -2.77. The van der Waals surface area contributed by atoms with Gasteiger partial charge in [-0.25, -0.2) is 4.99 Å². The van der Waals surface area contributed by atoms with E-state index in [1.165, 1.54) is 11.1 Å². The molecule has 2 aromatic rings. The maximum atomic E-state index is 6.00. The molecule has 0 atom stereocenters. The second-order valence-corrected chi connectivity index (χ2v) is 7.68. The summed E-state index contributed by atoms with van der Waals surface area (Å²) in [6.07, 6.45) is 2.28. The van der Waals surface area contributed by atoms with Gasteiger partial charge in [-0.3, -0.25) is 0 Å². The normalized spacial score (nSPS) is 14.8. The fourth-order valence-corrected chi connectivity index (χ4v) is 3.49. The maximum absolute atomic E-state index is 6.00. The molecule has 0 unspecified atom stereocenters. The van der Waals surface area contributed by atoms with Gasteiger partial charge >= 0.3 is 0 Å². The summed E-state index contributed by atoms with van der Waals surface area (Å²) in [5, 5.41) is 6.69. The van der Waals surface area contributed by atoms with Gasteiger partial charge in [-0.2, -0.15) is 0 Å². The van der Waals surface area contributed by atoms with Gasteiger partial charge in [0.1, 0.15) is 0 Å². The van der Waals surface area contributed by atoms with Crippen molar-refractivity contribution in [2.75, 3.05) is 34.0 Å². The molecule has 7 nitrogen and oxygen atoms in total. The van der Waals surface area contributed by atoms with Crippen LogP contribution in [0.3, 0.4) is 0 Å². The van der Waals surface area contributed by atoms with Crippen molar-refractivity contribution in [3.63, 3.8) is 0 Å². The Bertz CT molecular complexity index is 849. The van der Waals surface area contributed by atoms with Crippen LogP contribution in [0.15, 0.2) is 47.5 Å². The number of ether oxygens (including phenoxy) is 4. The molecule has 0 aliphatic carbocycles. The lowest BCUT2D eigenvalue weighted by molar-refractivity contribution is -0.0390. The lowest BCUT2D eigenvalue weighted by Gasteiger charge is -2.22. The number of rotatable bonds is 10. The van der Waals surface area contributed by atoms with E-state index in [9.17, 15) is 0 Å². The zero-order chi connectivity index (χ0) is 22.6. The van der Waals surface area contributed by atoms with Gasteiger partial charge in [0.25, 0.3) is 0 Å². The van der Waals surface area contributed by atoms with Gasteiger partial charge in [-0.1, -0.05) is 30.3 Å². The first-order valence-electron chi connectivity index (χ1n) is 11.2. The minimum atomic E-state index is 0.314. The van der Waals surface area contributed by atoms with Crippen LogP contribution in [-0.4, -0.2) is 46.0 Å². The summed E-state index contributed by atoms with van der Waals surface area (Å²) in [6.45, 7) is 6.33. The number of aliphatic imine (C=N–C) groups is 1. The molecule has 0 radical (unpaired) electrons. The van der Waals surface area contributed by atoms with Crippen LogP contribution in [0.25, 0.3) is 0 Å². The second kappa shape index (κ2) is 12.9. The average Bonchev–Trinajstić information content (AvgIpc) is 2.85. The smallest absolute Gasteiger partial charge is 0.191 e. The number of guanidine groups is 1. The number of nitrogens with one attached hydrogen (secondary N) is 2. The Morgan fingerprint density at radius 3 is 2.31 bits per heavy atom. The molecule has 32 heavy (non-hydrogen) atoms. The van der Waals surface area contributed by atoms with Gasteiger partial charge in [0.05, 0.1) is 33.5 Å². The summed E-state index contributed by atoms with van der Waals surface area (Å²) >= 11 is 0. The number of benzene rings is 2. The zero-order valence-corrected chi connectivity index (χ0v) is 19.4. The van der Waals surface area contributed by atoms with Crippen LogP contribution in [0.5, 0.6) is 11.5 Å². The molecule has 1 fully saturated rings. The molecule has 2 aromatic carbocycles. The Morgan fingerprint density at radius 2 is 1.62 bits per heavy atom. The summed E-state index contributed by atoms with van der Waals surface area (Å²) in [7, 11) is 3.27. The van der Waals surface area contributed by atoms with E-state index in [2.05, 4.69) is 41.8 Å². The lowest BCUT2D eigenvalue weighted by Crippen LogP contribution is -2.36. The summed E-state index contributed by atoms with van der Waals surface area (Å²) in [4.78, 5) is 4.70. The third-order valence-corrected chi connectivity index (χ3v) is 5.35. The number of hydrogen-bond acceptors (Lipinski definition) is 5.